The summed E-state index contributed by atoms with van der Waals surface area (Å²) in [6.45, 7) is 9.27. The van der Waals surface area contributed by atoms with Gasteiger partial charge in [-0.3, -0.25) is 4.79 Å². The van der Waals surface area contributed by atoms with Crippen molar-refractivity contribution >= 4 is 34.5 Å². The molecule has 1 aromatic heterocycles. The van der Waals surface area contributed by atoms with Gasteiger partial charge in [-0.15, -0.1) is 0 Å². The number of nitrogens with zero attached hydrogens (tertiary/aromatic N) is 2. The molecule has 2 heterocycles. The van der Waals surface area contributed by atoms with Crippen molar-refractivity contribution in [2.24, 2.45) is 0 Å². The molecule has 0 bridgehead atoms. The first-order chi connectivity index (χ1) is 14.1. The topological polar surface area (TPSA) is 71.4 Å². The van der Waals surface area contributed by atoms with E-state index in [2.05, 4.69) is 25.0 Å². The summed E-state index contributed by atoms with van der Waals surface area (Å²) >= 11 is 0. The molecule has 2 fully saturated rings. The molecule has 30 heavy (non-hydrogen) atoms. The number of aromatic nitrogens is 1. The summed E-state index contributed by atoms with van der Waals surface area (Å²) in [5.41, 5.74) is 0.525. The molecule has 0 unspecified atom stereocenters. The number of hydrogen-bond acceptors (Lipinski definition) is 5. The summed E-state index contributed by atoms with van der Waals surface area (Å²) in [5.74, 6) is -0.504. The van der Waals surface area contributed by atoms with Crippen molar-refractivity contribution in [1.82, 2.24) is 9.88 Å². The van der Waals surface area contributed by atoms with Crippen molar-refractivity contribution in [3.05, 3.63) is 34.4 Å². The van der Waals surface area contributed by atoms with Crippen molar-refractivity contribution in [2.75, 3.05) is 36.8 Å². The Hall–Kier alpha value is -1.71. The Bertz CT molecular complexity index is 1130. The van der Waals surface area contributed by atoms with Crippen molar-refractivity contribution in [3.8, 4) is 0 Å². The van der Waals surface area contributed by atoms with Crippen LogP contribution in [0.5, 0.6) is 0 Å². The SMILES string of the molecule is C[Si](C)(C)CCS(=O)(=O)c1cn(C2CC2)c2cc(N3CCNCC3)c(F)cc2c1=O. The zero-order valence-electron chi connectivity index (χ0n) is 17.9. The molecule has 1 aliphatic carbocycles. The standard InChI is InChI=1S/C21H30FN3O3SSi/c1-30(2,3)11-10-29(27,28)20-14-25(15-4-5-15)18-13-19(24-8-6-23-7-9-24)17(22)12-16(18)21(20)26/h12-15,23H,4-11H2,1-3H3. The number of rotatable bonds is 6. The highest BCUT2D eigenvalue weighted by atomic mass is 32.2. The number of sulfone groups is 1. The van der Waals surface area contributed by atoms with Crippen LogP contribution in [0.1, 0.15) is 18.9 Å². The number of fused-ring (bicyclic) bond motifs is 1. The molecule has 6 nitrogen and oxygen atoms in total. The normalized spacial score (nSPS) is 18.2. The van der Waals surface area contributed by atoms with E-state index in [9.17, 15) is 13.2 Å². The predicted molar refractivity (Wildman–Crippen MR) is 122 cm³/mol. The molecular weight excluding hydrogens is 421 g/mol. The predicted octanol–water partition coefficient (Wildman–Crippen LogP) is 3.00. The Morgan fingerprint density at radius 2 is 1.83 bits per heavy atom. The second kappa shape index (κ2) is 7.76. The van der Waals surface area contributed by atoms with Crippen LogP contribution in [0.15, 0.2) is 28.0 Å². The summed E-state index contributed by atoms with van der Waals surface area (Å²) in [6.07, 6.45) is 3.39. The molecule has 1 aliphatic heterocycles. The molecule has 0 spiro atoms. The van der Waals surface area contributed by atoms with Crippen LogP contribution < -0.4 is 15.6 Å². The zero-order chi connectivity index (χ0) is 21.7. The van der Waals surface area contributed by atoms with Crippen LogP contribution in [0.25, 0.3) is 10.9 Å². The number of piperazine rings is 1. The molecule has 1 N–H and O–H groups in total. The summed E-state index contributed by atoms with van der Waals surface area (Å²) < 4.78 is 43.0. The highest BCUT2D eigenvalue weighted by Crippen LogP contribution is 2.38. The summed E-state index contributed by atoms with van der Waals surface area (Å²) in [5, 5.41) is 3.41. The second-order valence-electron chi connectivity index (χ2n) is 9.65. The number of halogens is 1. The smallest absolute Gasteiger partial charge is 0.208 e. The fourth-order valence-electron chi connectivity index (χ4n) is 3.91. The Morgan fingerprint density at radius 3 is 2.43 bits per heavy atom. The first kappa shape index (κ1) is 21.5. The van der Waals surface area contributed by atoms with E-state index in [-0.39, 0.29) is 22.1 Å². The van der Waals surface area contributed by atoms with Crippen molar-refractivity contribution in [3.63, 3.8) is 0 Å². The molecule has 1 aromatic carbocycles. The van der Waals surface area contributed by atoms with Gasteiger partial charge in [-0.2, -0.15) is 0 Å². The average Bonchev–Trinajstić information content (AvgIpc) is 3.52. The molecular formula is C21H30FN3O3SSi. The zero-order valence-corrected chi connectivity index (χ0v) is 19.7. The fourth-order valence-corrected chi connectivity index (χ4v) is 8.32. The van der Waals surface area contributed by atoms with Gasteiger partial charge in [0, 0.05) is 46.5 Å². The first-order valence-electron chi connectivity index (χ1n) is 10.6. The first-order valence-corrected chi connectivity index (χ1v) is 16.0. The third kappa shape index (κ3) is 4.33. The van der Waals surface area contributed by atoms with E-state index >= 15 is 4.39 Å². The van der Waals surface area contributed by atoms with E-state index in [1.165, 1.54) is 12.3 Å². The maximum absolute atomic E-state index is 15.0. The van der Waals surface area contributed by atoms with E-state index < -0.39 is 29.2 Å². The quantitative estimate of drug-likeness (QED) is 0.684. The minimum absolute atomic E-state index is 0.0323. The van der Waals surface area contributed by atoms with Gasteiger partial charge < -0.3 is 14.8 Å². The maximum atomic E-state index is 15.0. The van der Waals surface area contributed by atoms with Gasteiger partial charge in [0.1, 0.15) is 10.7 Å². The fraction of sp³-hybridized carbons (Fsp3) is 0.571. The molecule has 2 aromatic rings. The molecule has 0 amide bonds. The largest absolute Gasteiger partial charge is 0.367 e. The third-order valence-electron chi connectivity index (χ3n) is 5.92. The number of anilines is 1. The monoisotopic (exact) mass is 451 g/mol. The lowest BCUT2D eigenvalue weighted by Crippen LogP contribution is -2.43. The van der Waals surface area contributed by atoms with Gasteiger partial charge >= 0.3 is 0 Å². The summed E-state index contributed by atoms with van der Waals surface area (Å²) in [7, 11) is -5.32. The second-order valence-corrected chi connectivity index (χ2v) is 17.3. The minimum atomic E-state index is -3.73. The number of hydrogen-bond donors (Lipinski definition) is 1. The van der Waals surface area contributed by atoms with Gasteiger partial charge in [0.05, 0.1) is 22.3 Å². The number of benzene rings is 1. The summed E-state index contributed by atoms with van der Waals surface area (Å²) in [6, 6.07) is 3.73. The van der Waals surface area contributed by atoms with Gasteiger partial charge in [-0.25, -0.2) is 12.8 Å². The van der Waals surface area contributed by atoms with Crippen molar-refractivity contribution < 1.29 is 12.8 Å². The van der Waals surface area contributed by atoms with Crippen molar-refractivity contribution in [2.45, 2.75) is 49.5 Å². The van der Waals surface area contributed by atoms with Crippen LogP contribution in [0.3, 0.4) is 0 Å². The van der Waals surface area contributed by atoms with Gasteiger partial charge in [0.15, 0.2) is 9.84 Å². The molecule has 1 saturated heterocycles. The molecule has 164 valence electrons. The molecule has 9 heteroatoms. The average molecular weight is 452 g/mol. The minimum Gasteiger partial charge on any atom is -0.367 e. The van der Waals surface area contributed by atoms with E-state index in [1.54, 1.807) is 6.07 Å². The third-order valence-corrected chi connectivity index (χ3v) is 9.74. The lowest BCUT2D eigenvalue weighted by Gasteiger charge is -2.30. The van der Waals surface area contributed by atoms with Gasteiger partial charge in [0.2, 0.25) is 5.43 Å². The van der Waals surface area contributed by atoms with E-state index in [4.69, 9.17) is 0 Å². The van der Waals surface area contributed by atoms with Crippen LogP contribution in [0.4, 0.5) is 10.1 Å². The lowest BCUT2D eigenvalue weighted by molar-refractivity contribution is 0.566. The Morgan fingerprint density at radius 1 is 1.17 bits per heavy atom. The van der Waals surface area contributed by atoms with E-state index in [1.807, 2.05) is 9.47 Å². The number of nitrogens with one attached hydrogen (secondary N) is 1. The van der Waals surface area contributed by atoms with Crippen molar-refractivity contribution in [1.29, 1.82) is 0 Å². The maximum Gasteiger partial charge on any atom is 0.208 e. The van der Waals surface area contributed by atoms with Gasteiger partial charge in [-0.1, -0.05) is 19.6 Å². The van der Waals surface area contributed by atoms with Gasteiger partial charge in [0.25, 0.3) is 0 Å². The summed E-state index contributed by atoms with van der Waals surface area (Å²) in [4.78, 5) is 15.0. The van der Waals surface area contributed by atoms with Gasteiger partial charge in [-0.05, 0) is 31.0 Å². The van der Waals surface area contributed by atoms with E-state index in [0.717, 1.165) is 25.9 Å². The van der Waals surface area contributed by atoms with Crippen LogP contribution in [0.2, 0.25) is 25.7 Å². The van der Waals surface area contributed by atoms with Crippen LogP contribution in [-0.4, -0.2) is 53.0 Å². The lowest BCUT2D eigenvalue weighted by atomic mass is 10.1. The highest BCUT2D eigenvalue weighted by molar-refractivity contribution is 7.91. The van der Waals surface area contributed by atoms with Crippen LogP contribution >= 0.6 is 0 Å². The Labute approximate surface area is 178 Å². The molecule has 0 atom stereocenters. The molecule has 0 radical (unpaired) electrons. The van der Waals surface area contributed by atoms with Crippen LogP contribution in [0, 0.1) is 5.82 Å². The van der Waals surface area contributed by atoms with Crippen LogP contribution in [-0.2, 0) is 9.84 Å². The molecule has 1 saturated carbocycles. The molecule has 2 aliphatic rings. The highest BCUT2D eigenvalue weighted by Gasteiger charge is 2.30. The molecule has 4 rings (SSSR count). The Balaban J connectivity index is 1.85. The Kier molecular flexibility index (Phi) is 5.57. The van der Waals surface area contributed by atoms with E-state index in [0.29, 0.717) is 30.3 Å². The number of pyridine rings is 1.